The summed E-state index contributed by atoms with van der Waals surface area (Å²) in [6.45, 7) is 0. The highest BCUT2D eigenvalue weighted by Crippen LogP contribution is 2.51. The van der Waals surface area contributed by atoms with Crippen LogP contribution in [0.4, 0.5) is 11.4 Å². The van der Waals surface area contributed by atoms with Crippen molar-refractivity contribution in [1.29, 1.82) is 0 Å². The average Bonchev–Trinajstić information content (AvgIpc) is 3.77. The van der Waals surface area contributed by atoms with E-state index in [1.807, 2.05) is 18.3 Å². The lowest BCUT2D eigenvalue weighted by Crippen LogP contribution is -2.02. The van der Waals surface area contributed by atoms with Crippen molar-refractivity contribution in [2.24, 2.45) is 9.98 Å². The molecule has 0 aliphatic carbocycles. The van der Waals surface area contributed by atoms with Crippen molar-refractivity contribution in [2.75, 3.05) is 0 Å². The Balaban J connectivity index is 1.26. The lowest BCUT2D eigenvalue weighted by Gasteiger charge is -2.19. The Hall–Kier alpha value is -6.78. The van der Waals surface area contributed by atoms with Crippen LogP contribution in [0, 0.1) is 10.4 Å². The van der Waals surface area contributed by atoms with E-state index >= 15 is 0 Å². The molecular weight excluding hydrogens is 609 g/mol. The highest BCUT2D eigenvalue weighted by molar-refractivity contribution is 6.05. The number of hydrogen-bond donors (Lipinski definition) is 0. The highest BCUT2D eigenvalue weighted by atomic mass is 14.9. The van der Waals surface area contributed by atoms with Gasteiger partial charge in [-0.25, -0.2) is 20.0 Å². The van der Waals surface area contributed by atoms with E-state index in [4.69, 9.17) is 20.0 Å². The summed E-state index contributed by atoms with van der Waals surface area (Å²) in [6.07, 6.45) is 1.97. The smallest absolute Gasteiger partial charge is 0.160 e. The lowest BCUT2D eigenvalue weighted by atomic mass is 9.84. The van der Waals surface area contributed by atoms with Crippen molar-refractivity contribution in [3.63, 3.8) is 0 Å². The van der Waals surface area contributed by atoms with Gasteiger partial charge in [0.05, 0.1) is 27.8 Å². The first-order valence-corrected chi connectivity index (χ1v) is 16.8. The molecule has 2 aliphatic heterocycles. The van der Waals surface area contributed by atoms with E-state index in [2.05, 4.69) is 152 Å². The van der Waals surface area contributed by atoms with Crippen LogP contribution in [0.3, 0.4) is 0 Å². The number of nitrogens with zero attached hydrogens (tertiary/aromatic N) is 4. The summed E-state index contributed by atoms with van der Waals surface area (Å²) in [4.78, 5) is 20.8. The Morgan fingerprint density at radius 2 is 1.00 bits per heavy atom. The molecule has 0 saturated carbocycles. The second-order valence-corrected chi connectivity index (χ2v) is 12.6. The molecule has 0 amide bonds. The van der Waals surface area contributed by atoms with Crippen molar-refractivity contribution in [2.45, 2.75) is 0 Å². The second-order valence-electron chi connectivity index (χ2n) is 12.6. The minimum Gasteiger partial charge on any atom is -0.248 e. The molecule has 0 atom stereocenters. The first-order chi connectivity index (χ1) is 24.8. The molecule has 3 heterocycles. The summed E-state index contributed by atoms with van der Waals surface area (Å²) >= 11 is 0. The maximum absolute atomic E-state index is 5.35. The van der Waals surface area contributed by atoms with E-state index in [1.54, 1.807) is 0 Å². The minimum atomic E-state index is 0.668. The Morgan fingerprint density at radius 1 is 0.360 bits per heavy atom. The normalized spacial score (nSPS) is 11.9. The molecule has 10 rings (SSSR count). The van der Waals surface area contributed by atoms with E-state index in [0.717, 1.165) is 93.9 Å². The highest BCUT2D eigenvalue weighted by Gasteiger charge is 2.28. The van der Waals surface area contributed by atoms with Gasteiger partial charge in [0.15, 0.2) is 5.82 Å². The second kappa shape index (κ2) is 11.4. The molecule has 0 bridgehead atoms. The van der Waals surface area contributed by atoms with Crippen LogP contribution in [-0.4, -0.2) is 9.97 Å². The zero-order valence-electron chi connectivity index (χ0n) is 27.0. The molecule has 0 radical (unpaired) electrons. The molecule has 0 spiro atoms. The Morgan fingerprint density at radius 3 is 1.76 bits per heavy atom. The third-order valence-electron chi connectivity index (χ3n) is 9.70. The molecule has 232 valence electrons. The van der Waals surface area contributed by atoms with Gasteiger partial charge in [0.2, 0.25) is 0 Å². The summed E-state index contributed by atoms with van der Waals surface area (Å²) in [7, 11) is 0. The van der Waals surface area contributed by atoms with Crippen molar-refractivity contribution in [3.8, 4) is 67.2 Å². The maximum atomic E-state index is 5.35. The van der Waals surface area contributed by atoms with Crippen molar-refractivity contribution >= 4 is 11.4 Å². The van der Waals surface area contributed by atoms with Crippen LogP contribution in [-0.2, 0) is 0 Å². The first kappa shape index (κ1) is 28.3. The van der Waals surface area contributed by atoms with Crippen LogP contribution in [0.5, 0.6) is 0 Å². The molecule has 4 nitrogen and oxygen atoms in total. The van der Waals surface area contributed by atoms with Gasteiger partial charge in [-0.3, -0.25) is 0 Å². The number of benzene rings is 7. The predicted molar refractivity (Wildman–Crippen MR) is 200 cm³/mol. The zero-order chi connectivity index (χ0) is 33.0. The van der Waals surface area contributed by atoms with Gasteiger partial charge in [-0.2, -0.15) is 0 Å². The maximum Gasteiger partial charge on any atom is 0.160 e. The van der Waals surface area contributed by atoms with Gasteiger partial charge in [-0.1, -0.05) is 140 Å². The van der Waals surface area contributed by atoms with Gasteiger partial charge in [-0.15, -0.1) is 0 Å². The summed E-state index contributed by atoms with van der Waals surface area (Å²) in [6, 6.07) is 56.9. The fourth-order valence-corrected chi connectivity index (χ4v) is 7.43. The molecule has 7 aromatic carbocycles. The van der Waals surface area contributed by atoms with Crippen LogP contribution in [0.25, 0.3) is 67.2 Å². The zero-order valence-corrected chi connectivity index (χ0v) is 27.0. The number of hydrogen-bond acceptors (Lipinski definition) is 4. The summed E-state index contributed by atoms with van der Waals surface area (Å²) in [5.41, 5.74) is 13.4. The fraction of sp³-hybridized carbons (Fsp3) is 0. The predicted octanol–water partition coefficient (Wildman–Crippen LogP) is 10.3. The quantitative estimate of drug-likeness (QED) is 0.189. The summed E-state index contributed by atoms with van der Waals surface area (Å²) < 4.78 is 0. The molecule has 0 N–H and O–H groups in total. The van der Waals surface area contributed by atoms with Crippen LogP contribution >= 0.6 is 0 Å². The molecule has 2 aliphatic rings. The van der Waals surface area contributed by atoms with Gasteiger partial charge >= 0.3 is 0 Å². The molecule has 4 heteroatoms. The van der Waals surface area contributed by atoms with Crippen LogP contribution in [0.2, 0.25) is 0 Å². The summed E-state index contributed by atoms with van der Waals surface area (Å²) in [5, 5.41) is 4.22. The molecule has 0 unspecified atom stereocenters. The van der Waals surface area contributed by atoms with Gasteiger partial charge in [0, 0.05) is 50.0 Å². The number of aromatic nitrogens is 2. The fourth-order valence-electron chi connectivity index (χ4n) is 7.43. The van der Waals surface area contributed by atoms with Gasteiger partial charge in [0.25, 0.3) is 0 Å². The van der Waals surface area contributed by atoms with Crippen LogP contribution in [0.15, 0.2) is 180 Å². The Kier molecular flexibility index (Phi) is 6.46. The first-order valence-electron chi connectivity index (χ1n) is 16.8. The average molecular weight is 637 g/mol. The van der Waals surface area contributed by atoms with Gasteiger partial charge in [-0.05, 0) is 46.5 Å². The van der Waals surface area contributed by atoms with E-state index in [0.29, 0.717) is 5.82 Å². The standard InChI is InChI=1S/C46H28N4/c1-4-14-29(15-5-1)32-24-26-39-42(43-40(48-39)27-25-35-33-20-12-13-23-38(33)49-45(35)43)41(32)34-21-10-11-22-36(34)46-47-28-37(30-16-6-2-7-17-30)44(50-46)31-18-8-3-9-19-31/h1-28H. The third kappa shape index (κ3) is 4.46. The van der Waals surface area contributed by atoms with Crippen LogP contribution < -0.4 is 10.7 Å². The molecule has 8 aromatic rings. The molecular formula is C46H28N4. The van der Waals surface area contributed by atoms with Crippen LogP contribution in [0.1, 0.15) is 0 Å². The Labute approximate surface area is 288 Å². The lowest BCUT2D eigenvalue weighted by molar-refractivity contribution is 1.18. The monoisotopic (exact) mass is 636 g/mol. The number of fused-ring (bicyclic) bond motifs is 6. The topological polar surface area (TPSA) is 50.5 Å². The Bertz CT molecular complexity index is 2850. The van der Waals surface area contributed by atoms with E-state index in [-0.39, 0.29) is 0 Å². The molecule has 0 saturated heterocycles. The number of para-hydroxylation sites is 1. The van der Waals surface area contributed by atoms with E-state index in [9.17, 15) is 0 Å². The van der Waals surface area contributed by atoms with Gasteiger partial charge < -0.3 is 0 Å². The summed E-state index contributed by atoms with van der Waals surface area (Å²) in [5.74, 6) is 0.668. The largest absolute Gasteiger partial charge is 0.248 e. The van der Waals surface area contributed by atoms with E-state index in [1.165, 1.54) is 0 Å². The van der Waals surface area contributed by atoms with Crippen molar-refractivity contribution in [1.82, 2.24) is 9.97 Å². The van der Waals surface area contributed by atoms with Crippen molar-refractivity contribution < 1.29 is 0 Å². The molecule has 0 fully saturated rings. The van der Waals surface area contributed by atoms with Gasteiger partial charge in [0.1, 0.15) is 0 Å². The number of rotatable bonds is 5. The third-order valence-corrected chi connectivity index (χ3v) is 9.70. The molecule has 1 aromatic heterocycles. The minimum absolute atomic E-state index is 0.668. The SMILES string of the molecule is c1ccc(-c2cnc(-c3ccccc3-c3c(-c4ccccc4)ccc4c3-c3c5c(ccc3=N4)=c3ccccc3=N5)nc2-c2ccccc2)cc1. The van der Waals surface area contributed by atoms with Crippen molar-refractivity contribution in [3.05, 3.63) is 191 Å². The molecule has 50 heavy (non-hydrogen) atoms. The van der Waals surface area contributed by atoms with E-state index < -0.39 is 0 Å².